The van der Waals surface area contributed by atoms with Gasteiger partial charge in [0.15, 0.2) is 0 Å². The molecule has 0 saturated heterocycles. The van der Waals surface area contributed by atoms with Crippen LogP contribution in [-0.4, -0.2) is 13.4 Å². The molecule has 0 aliphatic rings. The SMILES string of the molecule is CCCCCCCCCCC(C)(C)N.[B]C#N. The topological polar surface area (TPSA) is 49.8 Å². The van der Waals surface area contributed by atoms with Crippen molar-refractivity contribution in [2.75, 3.05) is 0 Å². The van der Waals surface area contributed by atoms with Crippen LogP contribution in [0.3, 0.4) is 0 Å². The number of unbranched alkanes of at least 4 members (excludes halogenated alkanes) is 7. The van der Waals surface area contributed by atoms with Gasteiger partial charge in [0.2, 0.25) is 7.85 Å². The molecule has 0 aliphatic carbocycles. The van der Waals surface area contributed by atoms with Gasteiger partial charge in [-0.05, 0) is 26.2 Å². The molecule has 2 radical (unpaired) electrons. The lowest BCUT2D eigenvalue weighted by molar-refractivity contribution is 0.440. The summed E-state index contributed by atoms with van der Waals surface area (Å²) in [6, 6.07) is 0. The van der Waals surface area contributed by atoms with Gasteiger partial charge in [-0.25, -0.2) is 5.26 Å². The third-order valence-corrected chi connectivity index (χ3v) is 2.67. The first-order valence-electron chi connectivity index (χ1n) is 6.86. The summed E-state index contributed by atoms with van der Waals surface area (Å²) < 4.78 is 0. The standard InChI is InChI=1S/C13H29N.CBN/c1-4-5-6-7-8-9-10-11-12-13(2,3)14;2-1-3/h4-12,14H2,1-3H3;. The Labute approximate surface area is 109 Å². The number of nitriles is 1. The molecule has 0 fully saturated rings. The molecule has 0 spiro atoms. The number of rotatable bonds is 9. The van der Waals surface area contributed by atoms with E-state index in [1.807, 2.05) is 0 Å². The van der Waals surface area contributed by atoms with Gasteiger partial charge >= 0.3 is 0 Å². The molecule has 0 aromatic heterocycles. The Morgan fingerprint density at radius 2 is 1.35 bits per heavy atom. The highest BCUT2D eigenvalue weighted by Gasteiger charge is 2.08. The summed E-state index contributed by atoms with van der Waals surface area (Å²) in [5.74, 6) is 1.25. The van der Waals surface area contributed by atoms with E-state index in [-0.39, 0.29) is 5.54 Å². The molecule has 3 heteroatoms. The molecule has 0 bridgehead atoms. The monoisotopic (exact) mass is 236 g/mol. The van der Waals surface area contributed by atoms with Crippen LogP contribution in [0.4, 0.5) is 0 Å². The van der Waals surface area contributed by atoms with Gasteiger partial charge in [0.25, 0.3) is 0 Å². The summed E-state index contributed by atoms with van der Waals surface area (Å²) in [4.78, 5) is 0. The van der Waals surface area contributed by atoms with Crippen molar-refractivity contribution in [2.24, 2.45) is 5.73 Å². The minimum atomic E-state index is 0.0439. The highest BCUT2D eigenvalue weighted by Crippen LogP contribution is 2.13. The zero-order chi connectivity index (χ0) is 13.6. The molecule has 2 N–H and O–H groups in total. The molecule has 0 aromatic rings. The second-order valence-electron chi connectivity index (χ2n) is 5.34. The smallest absolute Gasteiger partial charge is 0.229 e. The molecule has 98 valence electrons. The van der Waals surface area contributed by atoms with Crippen LogP contribution in [-0.2, 0) is 0 Å². The largest absolute Gasteiger partial charge is 0.326 e. The molecule has 0 aliphatic heterocycles. The average molecular weight is 236 g/mol. The minimum Gasteiger partial charge on any atom is -0.326 e. The van der Waals surface area contributed by atoms with Gasteiger partial charge < -0.3 is 5.73 Å². The van der Waals surface area contributed by atoms with Gasteiger partial charge in [0.1, 0.15) is 0 Å². The fraction of sp³-hybridized carbons (Fsp3) is 0.929. The van der Waals surface area contributed by atoms with Crippen LogP contribution >= 0.6 is 0 Å². The van der Waals surface area contributed by atoms with Crippen LogP contribution in [0.5, 0.6) is 0 Å². The maximum Gasteiger partial charge on any atom is 0.229 e. The Balaban J connectivity index is 0. The molecule has 2 nitrogen and oxygen atoms in total. The number of hydrogen-bond acceptors (Lipinski definition) is 2. The molecule has 0 atom stereocenters. The van der Waals surface area contributed by atoms with Crippen molar-refractivity contribution in [3.63, 3.8) is 0 Å². The zero-order valence-electron chi connectivity index (χ0n) is 12.0. The van der Waals surface area contributed by atoms with E-state index in [1.165, 1.54) is 63.8 Å². The first-order valence-corrected chi connectivity index (χ1v) is 6.86. The second kappa shape index (κ2) is 13.6. The predicted octanol–water partition coefficient (Wildman–Crippen LogP) is 3.89. The molecule has 0 unspecified atom stereocenters. The van der Waals surface area contributed by atoms with Crippen molar-refractivity contribution in [3.05, 3.63) is 0 Å². The van der Waals surface area contributed by atoms with Gasteiger partial charge in [0.05, 0.1) is 0 Å². The van der Waals surface area contributed by atoms with E-state index in [0.29, 0.717) is 0 Å². The van der Waals surface area contributed by atoms with Crippen molar-refractivity contribution in [2.45, 2.75) is 84.1 Å². The van der Waals surface area contributed by atoms with Crippen LogP contribution in [0.1, 0.15) is 78.6 Å². The summed E-state index contributed by atoms with van der Waals surface area (Å²) in [6.07, 6.45) is 12.3. The van der Waals surface area contributed by atoms with Gasteiger partial charge in [-0.15, -0.1) is 0 Å². The summed E-state index contributed by atoms with van der Waals surface area (Å²) >= 11 is 0. The first-order chi connectivity index (χ1) is 7.97. The van der Waals surface area contributed by atoms with Gasteiger partial charge in [-0.1, -0.05) is 58.3 Å². The molecular formula is C14H29BN2. The van der Waals surface area contributed by atoms with E-state index in [2.05, 4.69) is 28.6 Å². The molecule has 0 rings (SSSR count). The Kier molecular flexibility index (Phi) is 15.1. The fourth-order valence-electron chi connectivity index (χ4n) is 1.71. The molecule has 0 amide bonds. The van der Waals surface area contributed by atoms with E-state index < -0.39 is 0 Å². The highest BCUT2D eigenvalue weighted by atomic mass is 14.7. The Bertz CT molecular complexity index is 180. The van der Waals surface area contributed by atoms with E-state index in [1.54, 1.807) is 0 Å². The van der Waals surface area contributed by atoms with Crippen molar-refractivity contribution < 1.29 is 0 Å². The number of hydrogen-bond donors (Lipinski definition) is 1. The fourth-order valence-corrected chi connectivity index (χ4v) is 1.71. The van der Waals surface area contributed by atoms with Crippen LogP contribution in [0.2, 0.25) is 0 Å². The summed E-state index contributed by atoms with van der Waals surface area (Å²) in [7, 11) is 4.15. The Morgan fingerprint density at radius 1 is 1.00 bits per heavy atom. The number of nitrogens with zero attached hydrogens (tertiary/aromatic N) is 1. The van der Waals surface area contributed by atoms with Crippen LogP contribution in [0, 0.1) is 11.2 Å². The summed E-state index contributed by atoms with van der Waals surface area (Å²) in [5.41, 5.74) is 5.96. The van der Waals surface area contributed by atoms with Gasteiger partial charge in [-0.3, -0.25) is 0 Å². The maximum absolute atomic E-state index is 7.10. The zero-order valence-corrected chi connectivity index (χ0v) is 12.0. The van der Waals surface area contributed by atoms with Crippen molar-refractivity contribution in [1.29, 1.82) is 5.26 Å². The molecular weight excluding hydrogens is 207 g/mol. The van der Waals surface area contributed by atoms with Gasteiger partial charge in [-0.2, -0.15) is 0 Å². The van der Waals surface area contributed by atoms with Crippen LogP contribution in [0.25, 0.3) is 0 Å². The molecule has 0 aromatic carbocycles. The maximum atomic E-state index is 7.10. The van der Waals surface area contributed by atoms with E-state index >= 15 is 0 Å². The average Bonchev–Trinajstić information content (AvgIpc) is 2.22. The van der Waals surface area contributed by atoms with E-state index in [0.717, 1.165) is 0 Å². The summed E-state index contributed by atoms with van der Waals surface area (Å²) in [6.45, 7) is 6.51. The van der Waals surface area contributed by atoms with E-state index in [9.17, 15) is 0 Å². The van der Waals surface area contributed by atoms with Gasteiger partial charge in [0, 0.05) is 5.54 Å². The van der Waals surface area contributed by atoms with Crippen molar-refractivity contribution >= 4 is 7.85 Å². The lowest BCUT2D eigenvalue weighted by atomic mass is 9.97. The first kappa shape index (κ1) is 18.9. The predicted molar refractivity (Wildman–Crippen MR) is 76.9 cm³/mol. The normalized spacial score (nSPS) is 10.3. The summed E-state index contributed by atoms with van der Waals surface area (Å²) in [5, 5.41) is 7.10. The second-order valence-corrected chi connectivity index (χ2v) is 5.34. The molecule has 0 heterocycles. The minimum absolute atomic E-state index is 0.0439. The molecule has 0 saturated carbocycles. The Morgan fingerprint density at radius 3 is 1.71 bits per heavy atom. The van der Waals surface area contributed by atoms with Crippen LogP contribution in [0.15, 0.2) is 0 Å². The third kappa shape index (κ3) is 25.6. The van der Waals surface area contributed by atoms with E-state index in [4.69, 9.17) is 11.0 Å². The third-order valence-electron chi connectivity index (χ3n) is 2.67. The van der Waals surface area contributed by atoms with Crippen molar-refractivity contribution in [3.8, 4) is 5.97 Å². The highest BCUT2D eigenvalue weighted by molar-refractivity contribution is 6.20. The molecule has 17 heavy (non-hydrogen) atoms. The van der Waals surface area contributed by atoms with Crippen molar-refractivity contribution in [1.82, 2.24) is 0 Å². The van der Waals surface area contributed by atoms with Crippen LogP contribution < -0.4 is 5.73 Å². The lowest BCUT2D eigenvalue weighted by Gasteiger charge is -2.17. The lowest BCUT2D eigenvalue weighted by Crippen LogP contribution is -2.31. The Hall–Kier alpha value is -0.485. The number of nitrogens with two attached hydrogens (primary N) is 1. The quantitative estimate of drug-likeness (QED) is 0.487.